The third kappa shape index (κ3) is 4.95. The van der Waals surface area contributed by atoms with Crippen LogP contribution in [0.3, 0.4) is 0 Å². The van der Waals surface area contributed by atoms with Crippen molar-refractivity contribution >= 4 is 11.9 Å². The van der Waals surface area contributed by atoms with Gasteiger partial charge in [0.15, 0.2) is 5.76 Å². The summed E-state index contributed by atoms with van der Waals surface area (Å²) in [6, 6.07) is 8.93. The minimum Gasteiger partial charge on any atom is -0.463 e. The average molecular weight is 319 g/mol. The lowest BCUT2D eigenvalue weighted by atomic mass is 10.2. The molecule has 1 N–H and O–H groups in total. The lowest BCUT2D eigenvalue weighted by Crippen LogP contribution is -2.26. The van der Waals surface area contributed by atoms with E-state index in [2.05, 4.69) is 5.32 Å². The number of hydrogen-bond acceptors (Lipinski definition) is 4. The Morgan fingerprint density at radius 1 is 1.17 bits per heavy atom. The van der Waals surface area contributed by atoms with E-state index in [1.807, 2.05) is 0 Å². The number of furan rings is 1. The second-order valence-electron chi connectivity index (χ2n) is 5.22. The normalized spacial score (nSPS) is 10.6. The Labute approximate surface area is 133 Å². The van der Waals surface area contributed by atoms with Crippen LogP contribution in [-0.4, -0.2) is 24.5 Å². The van der Waals surface area contributed by atoms with Crippen LogP contribution in [0.1, 0.15) is 30.8 Å². The number of benzene rings is 1. The minimum absolute atomic E-state index is 0.0927. The average Bonchev–Trinajstić information content (AvgIpc) is 2.97. The van der Waals surface area contributed by atoms with Crippen LogP contribution in [0.4, 0.5) is 4.39 Å². The van der Waals surface area contributed by atoms with Crippen molar-refractivity contribution in [1.29, 1.82) is 0 Å². The molecule has 0 aliphatic carbocycles. The highest BCUT2D eigenvalue weighted by atomic mass is 19.1. The number of amides is 1. The molecular formula is C17H18FNO4. The van der Waals surface area contributed by atoms with Crippen molar-refractivity contribution in [3.8, 4) is 11.3 Å². The molecule has 0 fully saturated rings. The summed E-state index contributed by atoms with van der Waals surface area (Å²) < 4.78 is 23.3. The molecule has 0 aliphatic heterocycles. The van der Waals surface area contributed by atoms with Gasteiger partial charge >= 0.3 is 5.97 Å². The van der Waals surface area contributed by atoms with Crippen molar-refractivity contribution in [2.45, 2.75) is 26.4 Å². The number of rotatable bonds is 6. The maximum atomic E-state index is 12.9. The Kier molecular flexibility index (Phi) is 5.51. The second kappa shape index (κ2) is 7.58. The van der Waals surface area contributed by atoms with E-state index in [1.54, 1.807) is 32.0 Å². The second-order valence-corrected chi connectivity index (χ2v) is 5.22. The zero-order valence-corrected chi connectivity index (χ0v) is 13.0. The van der Waals surface area contributed by atoms with E-state index >= 15 is 0 Å². The molecule has 0 spiro atoms. The van der Waals surface area contributed by atoms with Crippen molar-refractivity contribution in [3.63, 3.8) is 0 Å². The monoisotopic (exact) mass is 319 g/mol. The first-order chi connectivity index (χ1) is 11.0. The molecule has 0 aliphatic rings. The van der Waals surface area contributed by atoms with E-state index in [0.717, 1.165) is 0 Å². The summed E-state index contributed by atoms with van der Waals surface area (Å²) in [6.07, 6.45) is -0.0864. The predicted molar refractivity (Wildman–Crippen MR) is 82.3 cm³/mol. The summed E-state index contributed by atoms with van der Waals surface area (Å²) in [7, 11) is 0. The van der Waals surface area contributed by atoms with Gasteiger partial charge in [0, 0.05) is 12.1 Å². The van der Waals surface area contributed by atoms with Gasteiger partial charge in [-0.15, -0.1) is 0 Å². The Morgan fingerprint density at radius 2 is 1.87 bits per heavy atom. The molecule has 23 heavy (non-hydrogen) atoms. The van der Waals surface area contributed by atoms with Crippen LogP contribution in [0, 0.1) is 5.82 Å². The maximum absolute atomic E-state index is 12.9. The molecule has 0 atom stereocenters. The number of carbonyl (C=O) groups excluding carboxylic acids is 2. The van der Waals surface area contributed by atoms with E-state index in [4.69, 9.17) is 9.15 Å². The van der Waals surface area contributed by atoms with Gasteiger partial charge in [0.1, 0.15) is 11.6 Å². The quantitative estimate of drug-likeness (QED) is 0.831. The van der Waals surface area contributed by atoms with Crippen LogP contribution in [0.2, 0.25) is 0 Å². The Bertz CT molecular complexity index is 676. The first-order valence-electron chi connectivity index (χ1n) is 7.29. The molecule has 6 heteroatoms. The third-order valence-electron chi connectivity index (χ3n) is 2.94. The van der Waals surface area contributed by atoms with Crippen molar-refractivity contribution < 1.29 is 23.1 Å². The highest BCUT2D eigenvalue weighted by Gasteiger charge is 2.13. The molecule has 0 unspecified atom stereocenters. The number of nitrogens with one attached hydrogen (secondary N) is 1. The molecule has 0 saturated heterocycles. The molecule has 5 nitrogen and oxygen atoms in total. The number of carbonyl (C=O) groups is 2. The molecule has 1 heterocycles. The fourth-order valence-corrected chi connectivity index (χ4v) is 1.92. The van der Waals surface area contributed by atoms with Crippen LogP contribution in [0.5, 0.6) is 0 Å². The molecule has 2 rings (SSSR count). The van der Waals surface area contributed by atoms with Gasteiger partial charge in [-0.3, -0.25) is 9.59 Å². The summed E-state index contributed by atoms with van der Waals surface area (Å²) in [6.45, 7) is 3.68. The molecule has 1 aromatic carbocycles. The SMILES string of the molecule is CC(C)OC(=O)CCNC(=O)c1ccc(-c2ccc(F)cc2)o1. The van der Waals surface area contributed by atoms with Gasteiger partial charge in [-0.2, -0.15) is 0 Å². The van der Waals surface area contributed by atoms with Gasteiger partial charge in [0.2, 0.25) is 0 Å². The molecule has 0 bridgehead atoms. The van der Waals surface area contributed by atoms with Gasteiger partial charge < -0.3 is 14.5 Å². The fraction of sp³-hybridized carbons (Fsp3) is 0.294. The molecule has 0 radical (unpaired) electrons. The van der Waals surface area contributed by atoms with E-state index in [1.165, 1.54) is 18.2 Å². The first-order valence-corrected chi connectivity index (χ1v) is 7.29. The van der Waals surface area contributed by atoms with Crippen LogP contribution in [-0.2, 0) is 9.53 Å². The maximum Gasteiger partial charge on any atom is 0.307 e. The standard InChI is InChI=1S/C17H18FNO4/c1-11(2)22-16(20)9-10-19-17(21)15-8-7-14(23-15)12-3-5-13(18)6-4-12/h3-8,11H,9-10H2,1-2H3,(H,19,21). The molecule has 1 amide bonds. The topological polar surface area (TPSA) is 68.5 Å². The molecule has 1 aromatic heterocycles. The van der Waals surface area contributed by atoms with Crippen LogP contribution < -0.4 is 5.32 Å². The Morgan fingerprint density at radius 3 is 2.52 bits per heavy atom. The van der Waals surface area contributed by atoms with Crippen molar-refractivity contribution in [2.24, 2.45) is 0 Å². The summed E-state index contributed by atoms with van der Waals surface area (Å²) in [4.78, 5) is 23.3. The lowest BCUT2D eigenvalue weighted by molar-refractivity contribution is -0.147. The number of esters is 1. The number of ether oxygens (including phenoxy) is 1. The van der Waals surface area contributed by atoms with E-state index in [0.29, 0.717) is 11.3 Å². The van der Waals surface area contributed by atoms with Gasteiger partial charge in [0.25, 0.3) is 5.91 Å². The fourth-order valence-electron chi connectivity index (χ4n) is 1.92. The minimum atomic E-state index is -0.421. The predicted octanol–water partition coefficient (Wildman–Crippen LogP) is 3.16. The zero-order chi connectivity index (χ0) is 16.8. The number of hydrogen-bond donors (Lipinski definition) is 1. The number of halogens is 1. The summed E-state index contributed by atoms with van der Waals surface area (Å²) >= 11 is 0. The largest absolute Gasteiger partial charge is 0.463 e. The van der Waals surface area contributed by atoms with Crippen molar-refractivity contribution in [3.05, 3.63) is 48.0 Å². The van der Waals surface area contributed by atoms with Gasteiger partial charge in [-0.05, 0) is 50.2 Å². The molecule has 2 aromatic rings. The smallest absolute Gasteiger partial charge is 0.307 e. The van der Waals surface area contributed by atoms with E-state index in [9.17, 15) is 14.0 Å². The van der Waals surface area contributed by atoms with Crippen molar-refractivity contribution in [1.82, 2.24) is 5.32 Å². The molecule has 0 saturated carbocycles. The van der Waals surface area contributed by atoms with Crippen LogP contribution in [0.25, 0.3) is 11.3 Å². The van der Waals surface area contributed by atoms with Gasteiger partial charge in [0.05, 0.1) is 12.5 Å². The van der Waals surface area contributed by atoms with Gasteiger partial charge in [-0.1, -0.05) is 0 Å². The summed E-state index contributed by atoms with van der Waals surface area (Å²) in [5.41, 5.74) is 0.672. The lowest BCUT2D eigenvalue weighted by Gasteiger charge is -2.07. The summed E-state index contributed by atoms with van der Waals surface area (Å²) in [5.74, 6) is -0.537. The van der Waals surface area contributed by atoms with Crippen molar-refractivity contribution in [2.75, 3.05) is 6.54 Å². The van der Waals surface area contributed by atoms with E-state index < -0.39 is 5.91 Å². The van der Waals surface area contributed by atoms with Gasteiger partial charge in [-0.25, -0.2) is 4.39 Å². The molecular weight excluding hydrogens is 301 g/mol. The zero-order valence-electron chi connectivity index (χ0n) is 13.0. The highest BCUT2D eigenvalue weighted by Crippen LogP contribution is 2.22. The Balaban J connectivity index is 1.89. The van der Waals surface area contributed by atoms with Crippen LogP contribution >= 0.6 is 0 Å². The summed E-state index contributed by atoms with van der Waals surface area (Å²) in [5, 5.41) is 2.58. The Hall–Kier alpha value is -2.63. The highest BCUT2D eigenvalue weighted by molar-refractivity contribution is 5.92. The van der Waals surface area contributed by atoms with Crippen LogP contribution in [0.15, 0.2) is 40.8 Å². The molecule has 122 valence electrons. The third-order valence-corrected chi connectivity index (χ3v) is 2.94. The van der Waals surface area contributed by atoms with E-state index in [-0.39, 0.29) is 36.6 Å². The first kappa shape index (κ1) is 16.7.